The Labute approximate surface area is 160 Å². The van der Waals surface area contributed by atoms with Gasteiger partial charge in [-0.3, -0.25) is 0 Å². The molecule has 1 saturated heterocycles. The molecule has 1 atom stereocenters. The Bertz CT molecular complexity index is 309. The quantitative estimate of drug-likeness (QED) is 0.208. The number of hydrogen-bond donors (Lipinski definition) is 0. The van der Waals surface area contributed by atoms with E-state index in [1.54, 1.807) is 0 Å². The van der Waals surface area contributed by atoms with E-state index in [0.717, 1.165) is 0 Å². The Kier molecular flexibility index (Phi) is 12.1. The van der Waals surface area contributed by atoms with E-state index in [1.807, 2.05) is 0 Å². The standard InChI is InChI=1S/C24H50N/c1-5-6-7-8-9-10-11-12-13-14-15-16-17-19-22-25(4)23-20-18-21-24(25,2)3/h5-23H2,1-4H3/q+1. The van der Waals surface area contributed by atoms with Crippen LogP contribution in [-0.2, 0) is 0 Å². The van der Waals surface area contributed by atoms with E-state index in [2.05, 4.69) is 27.8 Å². The first-order valence-electron chi connectivity index (χ1n) is 11.9. The molecule has 0 aromatic carbocycles. The second-order valence-electron chi connectivity index (χ2n) is 9.71. The van der Waals surface area contributed by atoms with Gasteiger partial charge in [-0.15, -0.1) is 0 Å². The molecule has 0 radical (unpaired) electrons. The lowest BCUT2D eigenvalue weighted by Gasteiger charge is -2.51. The van der Waals surface area contributed by atoms with Crippen LogP contribution in [0.2, 0.25) is 0 Å². The van der Waals surface area contributed by atoms with Crippen LogP contribution in [0.4, 0.5) is 0 Å². The van der Waals surface area contributed by atoms with E-state index in [9.17, 15) is 0 Å². The number of nitrogens with zero attached hydrogens (tertiary/aromatic N) is 1. The molecule has 1 fully saturated rings. The Morgan fingerprint density at radius 3 is 1.52 bits per heavy atom. The summed E-state index contributed by atoms with van der Waals surface area (Å²) >= 11 is 0. The molecule has 0 aliphatic carbocycles. The fraction of sp³-hybridized carbons (Fsp3) is 1.00. The molecule has 1 nitrogen and oxygen atoms in total. The molecule has 0 aromatic heterocycles. The van der Waals surface area contributed by atoms with E-state index >= 15 is 0 Å². The maximum atomic E-state index is 2.52. The highest BCUT2D eigenvalue weighted by Crippen LogP contribution is 2.33. The highest BCUT2D eigenvalue weighted by atomic mass is 15.4. The lowest BCUT2D eigenvalue weighted by atomic mass is 9.87. The first kappa shape index (κ1) is 23.0. The van der Waals surface area contributed by atoms with Crippen LogP contribution in [0, 0.1) is 0 Å². The molecule has 0 spiro atoms. The number of likely N-dealkylation sites (tertiary alicyclic amines) is 1. The summed E-state index contributed by atoms with van der Waals surface area (Å²) in [5.41, 5.74) is 0.509. The maximum absolute atomic E-state index is 2.52. The third-order valence-corrected chi connectivity index (χ3v) is 7.16. The van der Waals surface area contributed by atoms with E-state index in [4.69, 9.17) is 0 Å². The van der Waals surface area contributed by atoms with Crippen molar-refractivity contribution in [3.63, 3.8) is 0 Å². The van der Waals surface area contributed by atoms with E-state index in [0.29, 0.717) is 5.54 Å². The first-order valence-corrected chi connectivity index (χ1v) is 11.9. The van der Waals surface area contributed by atoms with Gasteiger partial charge < -0.3 is 4.48 Å². The van der Waals surface area contributed by atoms with Gasteiger partial charge in [-0.1, -0.05) is 84.0 Å². The molecule has 1 unspecified atom stereocenters. The van der Waals surface area contributed by atoms with Crippen LogP contribution in [0.25, 0.3) is 0 Å². The smallest absolute Gasteiger partial charge is 0.0933 e. The van der Waals surface area contributed by atoms with Crippen LogP contribution in [0.5, 0.6) is 0 Å². The van der Waals surface area contributed by atoms with Crippen molar-refractivity contribution in [2.45, 2.75) is 135 Å². The second-order valence-corrected chi connectivity index (χ2v) is 9.71. The van der Waals surface area contributed by atoms with Crippen molar-refractivity contribution in [1.82, 2.24) is 0 Å². The predicted molar refractivity (Wildman–Crippen MR) is 114 cm³/mol. The zero-order valence-electron chi connectivity index (χ0n) is 18.4. The number of rotatable bonds is 15. The molecule has 1 aliphatic rings. The van der Waals surface area contributed by atoms with Gasteiger partial charge >= 0.3 is 0 Å². The van der Waals surface area contributed by atoms with Crippen molar-refractivity contribution in [3.8, 4) is 0 Å². The third-order valence-electron chi connectivity index (χ3n) is 7.16. The molecular formula is C24H50N+. The van der Waals surface area contributed by atoms with Crippen LogP contribution in [0.3, 0.4) is 0 Å². The monoisotopic (exact) mass is 352 g/mol. The normalized spacial score (nSPS) is 23.0. The number of piperidine rings is 1. The minimum atomic E-state index is 0.509. The predicted octanol–water partition coefficient (Wildman–Crippen LogP) is 7.88. The van der Waals surface area contributed by atoms with E-state index in [1.165, 1.54) is 127 Å². The fourth-order valence-corrected chi connectivity index (χ4v) is 4.66. The van der Waals surface area contributed by atoms with Crippen molar-refractivity contribution in [3.05, 3.63) is 0 Å². The van der Waals surface area contributed by atoms with Crippen molar-refractivity contribution in [1.29, 1.82) is 0 Å². The largest absolute Gasteiger partial charge is 0.322 e. The topological polar surface area (TPSA) is 0 Å². The Hall–Kier alpha value is -0.0400. The molecule has 1 heteroatoms. The maximum Gasteiger partial charge on any atom is 0.0933 e. The Balaban J connectivity index is 1.87. The van der Waals surface area contributed by atoms with Gasteiger partial charge in [0.05, 0.1) is 25.7 Å². The minimum absolute atomic E-state index is 0.509. The minimum Gasteiger partial charge on any atom is -0.322 e. The highest BCUT2D eigenvalue weighted by Gasteiger charge is 2.41. The average Bonchev–Trinajstić information content (AvgIpc) is 2.58. The molecule has 0 amide bonds. The molecule has 1 rings (SSSR count). The van der Waals surface area contributed by atoms with Crippen LogP contribution < -0.4 is 0 Å². The van der Waals surface area contributed by atoms with Gasteiger partial charge in [-0.2, -0.15) is 0 Å². The van der Waals surface area contributed by atoms with Gasteiger partial charge in [0.15, 0.2) is 0 Å². The summed E-state index contributed by atoms with van der Waals surface area (Å²) in [6.07, 6.45) is 24.8. The van der Waals surface area contributed by atoms with Crippen molar-refractivity contribution in [2.24, 2.45) is 0 Å². The summed E-state index contributed by atoms with van der Waals surface area (Å²) in [5, 5.41) is 0. The van der Waals surface area contributed by atoms with Gasteiger partial charge in [0, 0.05) is 6.42 Å². The molecule has 0 N–H and O–H groups in total. The van der Waals surface area contributed by atoms with Gasteiger partial charge in [0.25, 0.3) is 0 Å². The first-order chi connectivity index (χ1) is 12.0. The number of quaternary nitrogens is 1. The molecule has 150 valence electrons. The fourth-order valence-electron chi connectivity index (χ4n) is 4.66. The SMILES string of the molecule is CCCCCCCCCCCCCCCC[N+]1(C)CCCCC1(C)C. The summed E-state index contributed by atoms with van der Waals surface area (Å²) in [4.78, 5) is 0. The zero-order valence-corrected chi connectivity index (χ0v) is 18.4. The summed E-state index contributed by atoms with van der Waals surface area (Å²) < 4.78 is 1.32. The Morgan fingerprint density at radius 2 is 1.08 bits per heavy atom. The van der Waals surface area contributed by atoms with E-state index in [-0.39, 0.29) is 0 Å². The van der Waals surface area contributed by atoms with Crippen LogP contribution in [0.15, 0.2) is 0 Å². The van der Waals surface area contributed by atoms with E-state index < -0.39 is 0 Å². The van der Waals surface area contributed by atoms with Gasteiger partial charge in [0.2, 0.25) is 0 Å². The molecular weight excluding hydrogens is 302 g/mol. The zero-order chi connectivity index (χ0) is 18.4. The average molecular weight is 353 g/mol. The number of unbranched alkanes of at least 4 members (excludes halogenated alkanes) is 13. The molecule has 1 heterocycles. The van der Waals surface area contributed by atoms with Crippen molar-refractivity contribution in [2.75, 3.05) is 20.1 Å². The summed E-state index contributed by atoms with van der Waals surface area (Å²) in [5.74, 6) is 0. The van der Waals surface area contributed by atoms with Gasteiger partial charge in [-0.05, 0) is 39.5 Å². The third kappa shape index (κ3) is 9.45. The summed E-state index contributed by atoms with van der Waals surface area (Å²) in [7, 11) is 2.52. The Morgan fingerprint density at radius 1 is 0.640 bits per heavy atom. The summed E-state index contributed by atoms with van der Waals surface area (Å²) in [6, 6.07) is 0. The lowest BCUT2D eigenvalue weighted by molar-refractivity contribution is -0.960. The van der Waals surface area contributed by atoms with Crippen LogP contribution in [0.1, 0.15) is 130 Å². The molecule has 1 aliphatic heterocycles. The van der Waals surface area contributed by atoms with Gasteiger partial charge in [0.1, 0.15) is 0 Å². The molecule has 25 heavy (non-hydrogen) atoms. The van der Waals surface area contributed by atoms with Gasteiger partial charge in [-0.25, -0.2) is 0 Å². The lowest BCUT2D eigenvalue weighted by Crippen LogP contribution is -2.61. The van der Waals surface area contributed by atoms with Crippen molar-refractivity contribution >= 4 is 0 Å². The molecule has 0 aromatic rings. The van der Waals surface area contributed by atoms with Crippen LogP contribution >= 0.6 is 0 Å². The summed E-state index contributed by atoms with van der Waals surface area (Å²) in [6.45, 7) is 10.1. The molecule has 0 bridgehead atoms. The second kappa shape index (κ2) is 13.2. The van der Waals surface area contributed by atoms with Crippen LogP contribution in [-0.4, -0.2) is 30.2 Å². The molecule has 0 saturated carbocycles. The van der Waals surface area contributed by atoms with Crippen molar-refractivity contribution < 1.29 is 4.48 Å². The highest BCUT2D eigenvalue weighted by molar-refractivity contribution is 4.74. The number of hydrogen-bond acceptors (Lipinski definition) is 0.